The van der Waals surface area contributed by atoms with Gasteiger partial charge in [0.1, 0.15) is 6.61 Å². The highest BCUT2D eigenvalue weighted by atomic mass is 19.3. The van der Waals surface area contributed by atoms with Gasteiger partial charge in [-0.3, -0.25) is 0 Å². The van der Waals surface area contributed by atoms with Crippen LogP contribution in [0.2, 0.25) is 0 Å². The molecule has 0 atom stereocenters. The summed E-state index contributed by atoms with van der Waals surface area (Å²) in [5.74, 6) is 1.04. The van der Waals surface area contributed by atoms with E-state index in [-0.39, 0.29) is 6.61 Å². The number of rotatable bonds is 9. The van der Waals surface area contributed by atoms with Crippen LogP contribution >= 0.6 is 0 Å². The van der Waals surface area contributed by atoms with E-state index in [9.17, 15) is 8.78 Å². The van der Waals surface area contributed by atoms with Crippen LogP contribution < -0.4 is 5.32 Å². The van der Waals surface area contributed by atoms with Crippen molar-refractivity contribution in [2.45, 2.75) is 26.2 Å². The third-order valence-electron chi connectivity index (χ3n) is 1.99. The first-order valence-corrected chi connectivity index (χ1v) is 5.60. The van der Waals surface area contributed by atoms with E-state index in [0.717, 1.165) is 13.1 Å². The van der Waals surface area contributed by atoms with Crippen LogP contribution in [0.4, 0.5) is 8.78 Å². The normalized spacial score (nSPS) is 11.3. The smallest absolute Gasteiger partial charge is 0.261 e. The van der Waals surface area contributed by atoms with Gasteiger partial charge in [-0.2, -0.15) is 4.98 Å². The second-order valence-electron chi connectivity index (χ2n) is 3.42. The Kier molecular flexibility index (Phi) is 6.64. The van der Waals surface area contributed by atoms with Crippen molar-refractivity contribution in [3.05, 3.63) is 11.7 Å². The fourth-order valence-corrected chi connectivity index (χ4v) is 1.20. The summed E-state index contributed by atoms with van der Waals surface area (Å²) in [6, 6.07) is 0. The summed E-state index contributed by atoms with van der Waals surface area (Å²) < 4.78 is 33.2. The Morgan fingerprint density at radius 1 is 1.41 bits per heavy atom. The van der Waals surface area contributed by atoms with E-state index < -0.39 is 13.0 Å². The van der Waals surface area contributed by atoms with Crippen LogP contribution in [0.3, 0.4) is 0 Å². The molecule has 1 aromatic rings. The monoisotopic (exact) mass is 249 g/mol. The lowest BCUT2D eigenvalue weighted by molar-refractivity contribution is 0.0182. The zero-order valence-electron chi connectivity index (χ0n) is 9.79. The fraction of sp³-hybridized carbons (Fsp3) is 0.800. The van der Waals surface area contributed by atoms with E-state index in [1.165, 1.54) is 0 Å². The zero-order valence-corrected chi connectivity index (χ0v) is 9.79. The van der Waals surface area contributed by atoms with Crippen molar-refractivity contribution in [2.24, 2.45) is 0 Å². The van der Waals surface area contributed by atoms with Gasteiger partial charge in [0.25, 0.3) is 6.43 Å². The van der Waals surface area contributed by atoms with Crippen molar-refractivity contribution >= 4 is 0 Å². The van der Waals surface area contributed by atoms with E-state index in [1.54, 1.807) is 0 Å². The molecule has 0 saturated heterocycles. The molecule has 1 aromatic heterocycles. The summed E-state index contributed by atoms with van der Waals surface area (Å²) in [7, 11) is 0. The summed E-state index contributed by atoms with van der Waals surface area (Å²) in [6.45, 7) is 3.31. The Morgan fingerprint density at radius 3 is 2.94 bits per heavy atom. The topological polar surface area (TPSA) is 60.2 Å². The third-order valence-corrected chi connectivity index (χ3v) is 1.99. The first-order chi connectivity index (χ1) is 8.22. The molecule has 7 heteroatoms. The Bertz CT molecular complexity index is 307. The summed E-state index contributed by atoms with van der Waals surface area (Å²) >= 11 is 0. The highest BCUT2D eigenvalue weighted by molar-refractivity contribution is 4.87. The predicted molar refractivity (Wildman–Crippen MR) is 57.1 cm³/mol. The molecule has 1 N–H and O–H groups in total. The van der Waals surface area contributed by atoms with Gasteiger partial charge in [0.2, 0.25) is 5.89 Å². The van der Waals surface area contributed by atoms with Gasteiger partial charge in [0, 0.05) is 19.4 Å². The van der Waals surface area contributed by atoms with Gasteiger partial charge in [-0.25, -0.2) is 8.78 Å². The van der Waals surface area contributed by atoms with Gasteiger partial charge in [0.15, 0.2) is 5.82 Å². The molecular weight excluding hydrogens is 232 g/mol. The largest absolute Gasteiger partial charge is 0.375 e. The molecule has 1 heterocycles. The average molecular weight is 249 g/mol. The van der Waals surface area contributed by atoms with Crippen LogP contribution in [0.5, 0.6) is 0 Å². The average Bonchev–Trinajstić information content (AvgIpc) is 2.73. The molecule has 0 spiro atoms. The lowest BCUT2D eigenvalue weighted by atomic mass is 10.4. The number of alkyl halides is 2. The molecule has 98 valence electrons. The molecule has 0 saturated carbocycles. The number of halogens is 2. The number of aromatic nitrogens is 2. The first kappa shape index (κ1) is 14.0. The Labute approximate surface area is 98.5 Å². The second-order valence-corrected chi connectivity index (χ2v) is 3.42. The number of likely N-dealkylation sites (N-methyl/N-ethyl adjacent to an activating group) is 1. The number of nitrogens with one attached hydrogen (secondary N) is 1. The maximum absolute atomic E-state index is 11.8. The van der Waals surface area contributed by atoms with Gasteiger partial charge in [-0.15, -0.1) is 0 Å². The molecule has 1 rings (SSSR count). The molecule has 5 nitrogen and oxygen atoms in total. The second kappa shape index (κ2) is 8.08. The third kappa shape index (κ3) is 6.28. The Morgan fingerprint density at radius 2 is 2.24 bits per heavy atom. The van der Waals surface area contributed by atoms with Gasteiger partial charge in [-0.05, 0) is 6.54 Å². The summed E-state index contributed by atoms with van der Waals surface area (Å²) in [6.07, 6.45) is -1.38. The van der Waals surface area contributed by atoms with Crippen LogP contribution in [-0.4, -0.2) is 42.9 Å². The molecule has 0 aliphatic rings. The van der Waals surface area contributed by atoms with Crippen molar-refractivity contribution in [1.82, 2.24) is 15.5 Å². The summed E-state index contributed by atoms with van der Waals surface area (Å²) in [4.78, 5) is 4.11. The summed E-state index contributed by atoms with van der Waals surface area (Å²) in [5.41, 5.74) is 0. The van der Waals surface area contributed by atoms with E-state index in [0.29, 0.717) is 24.6 Å². The highest BCUT2D eigenvalue weighted by Crippen LogP contribution is 2.00. The quantitative estimate of drug-likeness (QED) is 0.663. The predicted octanol–water partition coefficient (Wildman–Crippen LogP) is 1.05. The molecule has 0 radical (unpaired) electrons. The van der Waals surface area contributed by atoms with Gasteiger partial charge >= 0.3 is 0 Å². The lowest BCUT2D eigenvalue weighted by Gasteiger charge is -1.99. The van der Waals surface area contributed by atoms with E-state index in [2.05, 4.69) is 15.5 Å². The number of hydrogen-bond donors (Lipinski definition) is 1. The molecule has 0 aromatic carbocycles. The van der Waals surface area contributed by atoms with Crippen molar-refractivity contribution < 1.29 is 18.0 Å². The Hall–Kier alpha value is -1.08. The zero-order chi connectivity index (χ0) is 12.5. The molecule has 0 unspecified atom stereocenters. The van der Waals surface area contributed by atoms with Crippen LogP contribution in [-0.2, 0) is 17.6 Å². The first-order valence-electron chi connectivity index (χ1n) is 5.60. The molecule has 0 bridgehead atoms. The van der Waals surface area contributed by atoms with E-state index in [4.69, 9.17) is 9.26 Å². The molecular formula is C10H17F2N3O2. The van der Waals surface area contributed by atoms with Crippen molar-refractivity contribution in [3.63, 3.8) is 0 Å². The minimum atomic E-state index is -2.43. The van der Waals surface area contributed by atoms with E-state index >= 15 is 0 Å². The maximum Gasteiger partial charge on any atom is 0.261 e. The van der Waals surface area contributed by atoms with Crippen LogP contribution in [0.25, 0.3) is 0 Å². The maximum atomic E-state index is 11.8. The van der Waals surface area contributed by atoms with Gasteiger partial charge in [-0.1, -0.05) is 12.1 Å². The molecule has 0 aliphatic heterocycles. The van der Waals surface area contributed by atoms with Crippen LogP contribution in [0.15, 0.2) is 4.52 Å². The van der Waals surface area contributed by atoms with E-state index in [1.807, 2.05) is 6.92 Å². The number of ether oxygens (including phenoxy) is 1. The fourth-order valence-electron chi connectivity index (χ4n) is 1.20. The molecule has 0 aliphatic carbocycles. The van der Waals surface area contributed by atoms with Crippen molar-refractivity contribution in [3.8, 4) is 0 Å². The van der Waals surface area contributed by atoms with Gasteiger partial charge in [0.05, 0.1) is 6.61 Å². The Balaban J connectivity index is 2.16. The van der Waals surface area contributed by atoms with Crippen LogP contribution in [0.1, 0.15) is 18.6 Å². The number of hydrogen-bond acceptors (Lipinski definition) is 5. The minimum absolute atomic E-state index is 0.177. The molecule has 0 fully saturated rings. The molecule has 17 heavy (non-hydrogen) atoms. The SMILES string of the molecule is CCNCCc1nc(CCOCC(F)F)no1. The van der Waals surface area contributed by atoms with Gasteiger partial charge < -0.3 is 14.6 Å². The van der Waals surface area contributed by atoms with Crippen molar-refractivity contribution in [1.29, 1.82) is 0 Å². The standard InChI is InChI=1S/C10H17F2N3O2/c1-2-13-5-3-10-14-9(15-17-10)4-6-16-7-8(11)12/h8,13H,2-7H2,1H3. The van der Waals surface area contributed by atoms with Crippen molar-refractivity contribution in [2.75, 3.05) is 26.3 Å². The summed E-state index contributed by atoms with van der Waals surface area (Å²) in [5, 5.41) is 6.87. The number of nitrogens with zero attached hydrogens (tertiary/aromatic N) is 2. The van der Waals surface area contributed by atoms with Crippen LogP contribution in [0, 0.1) is 0 Å². The minimum Gasteiger partial charge on any atom is -0.375 e. The lowest BCUT2D eigenvalue weighted by Crippen LogP contribution is -2.16. The molecule has 0 amide bonds. The highest BCUT2D eigenvalue weighted by Gasteiger charge is 2.07.